The van der Waals surface area contributed by atoms with Crippen molar-refractivity contribution in [3.8, 4) is 0 Å². The number of amides is 1. The normalized spacial score (nSPS) is 12.8. The molecular formula is C18H17F3N2O2. The van der Waals surface area contributed by atoms with Crippen LogP contribution in [0, 0.1) is 0 Å². The predicted octanol–water partition coefficient (Wildman–Crippen LogP) is 4.18. The Morgan fingerprint density at radius 2 is 1.88 bits per heavy atom. The number of carbonyl (C=O) groups is 1. The molecule has 0 radical (unpaired) electrons. The monoisotopic (exact) mass is 350 g/mol. The average molecular weight is 350 g/mol. The summed E-state index contributed by atoms with van der Waals surface area (Å²) in [6.07, 6.45) is -2.92. The van der Waals surface area contributed by atoms with Gasteiger partial charge in [-0.1, -0.05) is 29.4 Å². The van der Waals surface area contributed by atoms with E-state index in [9.17, 15) is 18.0 Å². The summed E-state index contributed by atoms with van der Waals surface area (Å²) in [5.74, 6) is -0.375. The van der Waals surface area contributed by atoms with Crippen LogP contribution in [-0.2, 0) is 11.0 Å². The fourth-order valence-electron chi connectivity index (χ4n) is 2.18. The van der Waals surface area contributed by atoms with E-state index in [2.05, 4.69) is 15.3 Å². The number of rotatable bonds is 5. The average Bonchev–Trinajstić information content (AvgIpc) is 2.59. The summed E-state index contributed by atoms with van der Waals surface area (Å²) < 4.78 is 38.3. The van der Waals surface area contributed by atoms with E-state index >= 15 is 0 Å². The van der Waals surface area contributed by atoms with Gasteiger partial charge in [0.05, 0.1) is 17.8 Å². The number of hydrogen-bond acceptors (Lipinski definition) is 3. The summed E-state index contributed by atoms with van der Waals surface area (Å²) in [5.41, 5.74) is 0.789. The van der Waals surface area contributed by atoms with Crippen molar-refractivity contribution in [3.63, 3.8) is 0 Å². The van der Waals surface area contributed by atoms with Crippen molar-refractivity contribution in [1.82, 2.24) is 5.32 Å². The standard InChI is InChI=1S/C18H17F3N2O2/c1-12(15-4-3-5-16(10-15)18(19,20)21)23-17(24)14-8-6-13(7-9-14)11-22-25-2/h3-12H,1-2H3,(H,23,24)/b22-11+. The molecule has 0 aliphatic heterocycles. The van der Waals surface area contributed by atoms with Gasteiger partial charge in [-0.3, -0.25) is 4.79 Å². The first kappa shape index (κ1) is 18.5. The van der Waals surface area contributed by atoms with Crippen molar-refractivity contribution in [1.29, 1.82) is 0 Å². The molecule has 2 aromatic rings. The van der Waals surface area contributed by atoms with Crippen molar-refractivity contribution in [3.05, 3.63) is 70.8 Å². The minimum Gasteiger partial charge on any atom is -0.399 e. The zero-order valence-corrected chi connectivity index (χ0v) is 13.7. The zero-order valence-electron chi connectivity index (χ0n) is 13.7. The summed E-state index contributed by atoms with van der Waals surface area (Å²) in [6.45, 7) is 1.63. The zero-order chi connectivity index (χ0) is 18.4. The van der Waals surface area contributed by atoms with Gasteiger partial charge in [0.15, 0.2) is 0 Å². The van der Waals surface area contributed by atoms with E-state index in [1.165, 1.54) is 19.4 Å². The van der Waals surface area contributed by atoms with Gasteiger partial charge >= 0.3 is 6.18 Å². The van der Waals surface area contributed by atoms with Crippen LogP contribution in [0.4, 0.5) is 13.2 Å². The molecule has 1 N–H and O–H groups in total. The van der Waals surface area contributed by atoms with E-state index in [0.29, 0.717) is 11.1 Å². The van der Waals surface area contributed by atoms with Crippen LogP contribution in [0.15, 0.2) is 53.7 Å². The first-order valence-corrected chi connectivity index (χ1v) is 7.46. The van der Waals surface area contributed by atoms with Crippen LogP contribution in [0.2, 0.25) is 0 Å². The third-order valence-electron chi connectivity index (χ3n) is 3.54. The summed E-state index contributed by atoms with van der Waals surface area (Å²) in [5, 5.41) is 6.30. The van der Waals surface area contributed by atoms with Crippen LogP contribution in [0.1, 0.15) is 40.0 Å². The lowest BCUT2D eigenvalue weighted by molar-refractivity contribution is -0.137. The molecule has 4 nitrogen and oxygen atoms in total. The second-order valence-corrected chi connectivity index (χ2v) is 5.36. The van der Waals surface area contributed by atoms with Gasteiger partial charge in [0, 0.05) is 5.56 Å². The Balaban J connectivity index is 2.08. The molecule has 0 aliphatic rings. The number of halogens is 3. The van der Waals surface area contributed by atoms with Crippen LogP contribution in [0.5, 0.6) is 0 Å². The summed E-state index contributed by atoms with van der Waals surface area (Å²) in [6, 6.07) is 10.9. The third-order valence-corrected chi connectivity index (χ3v) is 3.54. The van der Waals surface area contributed by atoms with Crippen molar-refractivity contribution >= 4 is 12.1 Å². The number of carbonyl (C=O) groups excluding carboxylic acids is 1. The number of nitrogens with zero attached hydrogens (tertiary/aromatic N) is 1. The maximum absolute atomic E-state index is 12.8. The molecule has 7 heteroatoms. The highest BCUT2D eigenvalue weighted by Gasteiger charge is 2.30. The van der Waals surface area contributed by atoms with E-state index in [4.69, 9.17) is 0 Å². The molecule has 1 atom stereocenters. The molecule has 0 spiro atoms. The van der Waals surface area contributed by atoms with E-state index in [-0.39, 0.29) is 5.91 Å². The van der Waals surface area contributed by atoms with Crippen LogP contribution >= 0.6 is 0 Å². The maximum Gasteiger partial charge on any atom is 0.416 e. The molecule has 0 heterocycles. The molecule has 25 heavy (non-hydrogen) atoms. The first-order chi connectivity index (χ1) is 11.8. The van der Waals surface area contributed by atoms with Crippen LogP contribution in [0.25, 0.3) is 0 Å². The second kappa shape index (κ2) is 7.83. The topological polar surface area (TPSA) is 50.7 Å². The molecule has 0 saturated carbocycles. The van der Waals surface area contributed by atoms with Gasteiger partial charge in [-0.05, 0) is 42.3 Å². The summed E-state index contributed by atoms with van der Waals surface area (Å²) in [4.78, 5) is 16.8. The maximum atomic E-state index is 12.8. The third kappa shape index (κ3) is 5.07. The van der Waals surface area contributed by atoms with E-state index in [1.54, 1.807) is 37.3 Å². The van der Waals surface area contributed by atoms with Crippen LogP contribution in [0.3, 0.4) is 0 Å². The van der Waals surface area contributed by atoms with E-state index in [1.807, 2.05) is 0 Å². The van der Waals surface area contributed by atoms with Gasteiger partial charge in [0.25, 0.3) is 5.91 Å². The fraction of sp³-hybridized carbons (Fsp3) is 0.222. The Hall–Kier alpha value is -2.83. The smallest absolute Gasteiger partial charge is 0.399 e. The Kier molecular flexibility index (Phi) is 5.80. The van der Waals surface area contributed by atoms with Crippen molar-refractivity contribution in [2.45, 2.75) is 19.1 Å². The van der Waals surface area contributed by atoms with Crippen molar-refractivity contribution in [2.75, 3.05) is 7.11 Å². The number of hydrogen-bond donors (Lipinski definition) is 1. The van der Waals surface area contributed by atoms with Gasteiger partial charge < -0.3 is 10.2 Å². The molecule has 2 aromatic carbocycles. The fourth-order valence-corrected chi connectivity index (χ4v) is 2.18. The predicted molar refractivity (Wildman–Crippen MR) is 88.4 cm³/mol. The SMILES string of the molecule is CO/N=C/c1ccc(C(=O)NC(C)c2cccc(C(F)(F)F)c2)cc1. The minimum absolute atomic E-state index is 0.375. The lowest BCUT2D eigenvalue weighted by atomic mass is 10.0. The Labute approximate surface area is 143 Å². The lowest BCUT2D eigenvalue weighted by Crippen LogP contribution is -2.26. The minimum atomic E-state index is -4.42. The largest absolute Gasteiger partial charge is 0.416 e. The molecule has 1 amide bonds. The highest BCUT2D eigenvalue weighted by atomic mass is 19.4. The number of nitrogens with one attached hydrogen (secondary N) is 1. The van der Waals surface area contributed by atoms with Gasteiger partial charge in [0.2, 0.25) is 0 Å². The number of oxime groups is 1. The molecule has 0 fully saturated rings. The van der Waals surface area contributed by atoms with E-state index in [0.717, 1.165) is 17.7 Å². The Morgan fingerprint density at radius 1 is 1.20 bits per heavy atom. The number of benzene rings is 2. The van der Waals surface area contributed by atoms with Crippen molar-refractivity contribution in [2.24, 2.45) is 5.16 Å². The van der Waals surface area contributed by atoms with E-state index < -0.39 is 17.8 Å². The van der Waals surface area contributed by atoms with Gasteiger partial charge in [-0.2, -0.15) is 13.2 Å². The Bertz CT molecular complexity index is 756. The molecule has 0 aliphatic carbocycles. The molecule has 132 valence electrons. The van der Waals surface area contributed by atoms with Crippen molar-refractivity contribution < 1.29 is 22.8 Å². The molecule has 0 bridgehead atoms. The number of alkyl halides is 3. The lowest BCUT2D eigenvalue weighted by Gasteiger charge is -2.16. The highest BCUT2D eigenvalue weighted by Crippen LogP contribution is 2.30. The van der Waals surface area contributed by atoms with Crippen LogP contribution in [-0.4, -0.2) is 19.2 Å². The Morgan fingerprint density at radius 3 is 2.48 bits per heavy atom. The molecular weight excluding hydrogens is 333 g/mol. The van der Waals surface area contributed by atoms with Gasteiger partial charge in [-0.15, -0.1) is 0 Å². The van der Waals surface area contributed by atoms with Gasteiger partial charge in [-0.25, -0.2) is 0 Å². The molecule has 1 unspecified atom stereocenters. The van der Waals surface area contributed by atoms with Crippen LogP contribution < -0.4 is 5.32 Å². The quantitative estimate of drug-likeness (QED) is 0.650. The summed E-state index contributed by atoms with van der Waals surface area (Å²) in [7, 11) is 1.42. The molecule has 0 saturated heterocycles. The first-order valence-electron chi connectivity index (χ1n) is 7.46. The van der Waals surface area contributed by atoms with Gasteiger partial charge in [0.1, 0.15) is 7.11 Å². The highest BCUT2D eigenvalue weighted by molar-refractivity contribution is 5.95. The summed E-state index contributed by atoms with van der Waals surface area (Å²) >= 11 is 0. The second-order valence-electron chi connectivity index (χ2n) is 5.36. The molecule has 0 aromatic heterocycles. The molecule has 2 rings (SSSR count).